The number of anilines is 2. The fourth-order valence-electron chi connectivity index (χ4n) is 2.85. The zero-order valence-electron chi connectivity index (χ0n) is 14.0. The molecule has 1 aromatic heterocycles. The highest BCUT2D eigenvalue weighted by Gasteiger charge is 2.14. The number of aromatic nitrogens is 4. The lowest BCUT2D eigenvalue weighted by atomic mass is 10.1. The normalized spacial score (nSPS) is 14.2. The molecule has 0 radical (unpaired) electrons. The van der Waals surface area contributed by atoms with Gasteiger partial charge in [0.25, 0.3) is 0 Å². The highest BCUT2D eigenvalue weighted by Crippen LogP contribution is 2.26. The van der Waals surface area contributed by atoms with E-state index in [1.807, 2.05) is 12.1 Å². The molecule has 0 aliphatic carbocycles. The lowest BCUT2D eigenvalue weighted by Crippen LogP contribution is -2.19. The smallest absolute Gasteiger partial charge is 0.225 e. The second-order valence-electron chi connectivity index (χ2n) is 5.93. The third kappa shape index (κ3) is 4.05. The zero-order valence-corrected chi connectivity index (χ0v) is 14.8. The molecular weight excluding hydrogens is 324 g/mol. The Balaban J connectivity index is 1.50. The predicted octanol–water partition coefficient (Wildman–Crippen LogP) is 2.24. The van der Waals surface area contributed by atoms with Crippen molar-refractivity contribution in [2.24, 2.45) is 7.05 Å². The predicted molar refractivity (Wildman–Crippen MR) is 95.4 cm³/mol. The maximum absolute atomic E-state index is 12.1. The molecule has 1 N–H and O–H groups in total. The molecule has 0 bridgehead atoms. The van der Waals surface area contributed by atoms with Crippen LogP contribution < -0.4 is 10.2 Å². The SMILES string of the molecule is Cc1cc(NC(=O)CCSc2nnnn2C)ccc1N1CCCC1. The van der Waals surface area contributed by atoms with E-state index in [4.69, 9.17) is 0 Å². The Labute approximate surface area is 145 Å². The maximum atomic E-state index is 12.1. The summed E-state index contributed by atoms with van der Waals surface area (Å²) in [5.41, 5.74) is 3.33. The van der Waals surface area contributed by atoms with E-state index in [2.05, 4.69) is 38.7 Å². The average Bonchev–Trinajstić information content (AvgIpc) is 3.20. The summed E-state index contributed by atoms with van der Waals surface area (Å²) in [7, 11) is 1.78. The van der Waals surface area contributed by atoms with Gasteiger partial charge >= 0.3 is 0 Å². The number of amides is 1. The lowest BCUT2D eigenvalue weighted by Gasteiger charge is -2.20. The van der Waals surface area contributed by atoms with Gasteiger partial charge in [0.15, 0.2) is 0 Å². The van der Waals surface area contributed by atoms with Crippen LogP contribution in [0.25, 0.3) is 0 Å². The molecule has 1 saturated heterocycles. The van der Waals surface area contributed by atoms with Crippen LogP contribution in [0.15, 0.2) is 23.4 Å². The number of thioether (sulfide) groups is 1. The van der Waals surface area contributed by atoms with Gasteiger partial charge in [0, 0.05) is 43.7 Å². The first-order valence-corrected chi connectivity index (χ1v) is 9.12. The number of hydrogen-bond donors (Lipinski definition) is 1. The maximum Gasteiger partial charge on any atom is 0.225 e. The van der Waals surface area contributed by atoms with Gasteiger partial charge in [-0.15, -0.1) is 5.10 Å². The molecule has 1 amide bonds. The summed E-state index contributed by atoms with van der Waals surface area (Å²) < 4.78 is 1.60. The molecule has 24 heavy (non-hydrogen) atoms. The van der Waals surface area contributed by atoms with Crippen molar-refractivity contribution in [3.8, 4) is 0 Å². The molecule has 128 valence electrons. The van der Waals surface area contributed by atoms with Crippen molar-refractivity contribution < 1.29 is 4.79 Å². The first-order valence-electron chi connectivity index (χ1n) is 8.14. The Bertz CT molecular complexity index is 710. The zero-order chi connectivity index (χ0) is 16.9. The van der Waals surface area contributed by atoms with Crippen molar-refractivity contribution in [1.29, 1.82) is 0 Å². The van der Waals surface area contributed by atoms with Crippen molar-refractivity contribution in [2.45, 2.75) is 31.3 Å². The third-order valence-corrected chi connectivity index (χ3v) is 5.08. The van der Waals surface area contributed by atoms with Crippen molar-refractivity contribution in [3.63, 3.8) is 0 Å². The highest BCUT2D eigenvalue weighted by molar-refractivity contribution is 7.99. The first-order chi connectivity index (χ1) is 11.6. The van der Waals surface area contributed by atoms with E-state index < -0.39 is 0 Å². The van der Waals surface area contributed by atoms with Gasteiger partial charge in [0.2, 0.25) is 11.1 Å². The fraction of sp³-hybridized carbons (Fsp3) is 0.500. The van der Waals surface area contributed by atoms with Crippen LogP contribution >= 0.6 is 11.8 Å². The molecule has 2 aromatic rings. The standard InChI is InChI=1S/C16H22N6OS/c1-12-11-13(5-6-14(12)22-8-3-4-9-22)17-15(23)7-10-24-16-18-19-20-21(16)2/h5-6,11H,3-4,7-10H2,1-2H3,(H,17,23). The minimum absolute atomic E-state index is 0.00551. The van der Waals surface area contributed by atoms with Gasteiger partial charge in [-0.2, -0.15) is 0 Å². The summed E-state index contributed by atoms with van der Waals surface area (Å²) in [6, 6.07) is 6.14. The summed E-state index contributed by atoms with van der Waals surface area (Å²) in [6.45, 7) is 4.35. The van der Waals surface area contributed by atoms with Crippen LogP contribution in [0.1, 0.15) is 24.8 Å². The summed E-state index contributed by atoms with van der Waals surface area (Å²) in [5, 5.41) is 14.9. The molecule has 1 aliphatic heterocycles. The Hall–Kier alpha value is -2.09. The Morgan fingerprint density at radius 1 is 1.33 bits per heavy atom. The first kappa shape index (κ1) is 16.8. The molecule has 1 fully saturated rings. The Kier molecular flexibility index (Phi) is 5.34. The van der Waals surface area contributed by atoms with Gasteiger partial charge in [0.1, 0.15) is 0 Å². The second-order valence-corrected chi connectivity index (χ2v) is 6.99. The molecule has 2 heterocycles. The molecule has 0 spiro atoms. The van der Waals surface area contributed by atoms with Crippen LogP contribution in [0.2, 0.25) is 0 Å². The van der Waals surface area contributed by atoms with E-state index in [1.54, 1.807) is 11.7 Å². The molecule has 1 aliphatic rings. The van der Waals surface area contributed by atoms with Crippen LogP contribution in [0.5, 0.6) is 0 Å². The van der Waals surface area contributed by atoms with E-state index in [0.717, 1.165) is 18.8 Å². The summed E-state index contributed by atoms with van der Waals surface area (Å²) in [4.78, 5) is 14.5. The number of nitrogens with zero attached hydrogens (tertiary/aromatic N) is 5. The molecule has 0 atom stereocenters. The molecule has 7 nitrogen and oxygen atoms in total. The monoisotopic (exact) mass is 346 g/mol. The van der Waals surface area contributed by atoms with Crippen molar-refractivity contribution in [3.05, 3.63) is 23.8 Å². The number of aryl methyl sites for hydroxylation is 2. The number of nitrogens with one attached hydrogen (secondary N) is 1. The third-order valence-electron chi connectivity index (χ3n) is 4.07. The van der Waals surface area contributed by atoms with Crippen LogP contribution in [-0.4, -0.2) is 45.0 Å². The minimum Gasteiger partial charge on any atom is -0.371 e. The lowest BCUT2D eigenvalue weighted by molar-refractivity contribution is -0.115. The number of rotatable bonds is 6. The van der Waals surface area contributed by atoms with Gasteiger partial charge in [-0.25, -0.2) is 4.68 Å². The number of tetrazole rings is 1. The van der Waals surface area contributed by atoms with E-state index >= 15 is 0 Å². The Morgan fingerprint density at radius 3 is 2.79 bits per heavy atom. The molecule has 3 rings (SSSR count). The molecular formula is C16H22N6OS. The van der Waals surface area contributed by atoms with Crippen molar-refractivity contribution in [2.75, 3.05) is 29.1 Å². The number of hydrogen-bond acceptors (Lipinski definition) is 6. The number of carbonyl (C=O) groups excluding carboxylic acids is 1. The molecule has 8 heteroatoms. The number of carbonyl (C=O) groups is 1. The van der Waals surface area contributed by atoms with Crippen LogP contribution in [0.4, 0.5) is 11.4 Å². The summed E-state index contributed by atoms with van der Waals surface area (Å²) >= 11 is 1.47. The summed E-state index contributed by atoms with van der Waals surface area (Å²) in [6.07, 6.45) is 2.94. The largest absolute Gasteiger partial charge is 0.371 e. The van der Waals surface area contributed by atoms with Crippen LogP contribution in [-0.2, 0) is 11.8 Å². The minimum atomic E-state index is 0.00551. The van der Waals surface area contributed by atoms with Crippen molar-refractivity contribution in [1.82, 2.24) is 20.2 Å². The summed E-state index contributed by atoms with van der Waals surface area (Å²) in [5.74, 6) is 0.649. The highest BCUT2D eigenvalue weighted by atomic mass is 32.2. The molecule has 1 aromatic carbocycles. The van der Waals surface area contributed by atoms with Gasteiger partial charge in [0.05, 0.1) is 0 Å². The van der Waals surface area contributed by atoms with Gasteiger partial charge < -0.3 is 10.2 Å². The Morgan fingerprint density at radius 2 is 2.12 bits per heavy atom. The van der Waals surface area contributed by atoms with E-state index in [9.17, 15) is 4.79 Å². The van der Waals surface area contributed by atoms with Gasteiger partial charge in [-0.1, -0.05) is 11.8 Å². The average molecular weight is 346 g/mol. The second kappa shape index (κ2) is 7.65. The van der Waals surface area contributed by atoms with Crippen molar-refractivity contribution >= 4 is 29.0 Å². The number of benzene rings is 1. The molecule has 0 saturated carbocycles. The van der Waals surface area contributed by atoms with E-state index in [1.165, 1.54) is 35.9 Å². The fourth-order valence-corrected chi connectivity index (χ4v) is 3.64. The van der Waals surface area contributed by atoms with Gasteiger partial charge in [-0.3, -0.25) is 4.79 Å². The molecule has 0 unspecified atom stereocenters. The van der Waals surface area contributed by atoms with Crippen LogP contribution in [0, 0.1) is 6.92 Å². The van der Waals surface area contributed by atoms with Crippen LogP contribution in [0.3, 0.4) is 0 Å². The van der Waals surface area contributed by atoms with E-state index in [-0.39, 0.29) is 5.91 Å². The van der Waals surface area contributed by atoms with Gasteiger partial charge in [-0.05, 0) is 54.0 Å². The van der Waals surface area contributed by atoms with E-state index in [0.29, 0.717) is 17.3 Å². The quantitative estimate of drug-likeness (QED) is 0.809. The topological polar surface area (TPSA) is 75.9 Å².